The minimum atomic E-state index is -0.295. The van der Waals surface area contributed by atoms with Gasteiger partial charge in [0.05, 0.1) is 13.2 Å². The fraction of sp³-hybridized carbons (Fsp3) is 0.381. The van der Waals surface area contributed by atoms with E-state index in [0.717, 1.165) is 37.6 Å². The van der Waals surface area contributed by atoms with E-state index in [-0.39, 0.29) is 18.4 Å². The third kappa shape index (κ3) is 4.91. The Labute approximate surface area is 155 Å². The summed E-state index contributed by atoms with van der Waals surface area (Å²) in [6.45, 7) is 5.70. The highest BCUT2D eigenvalue weighted by molar-refractivity contribution is 5.91. The van der Waals surface area contributed by atoms with Crippen LogP contribution in [0.25, 0.3) is 0 Å². The van der Waals surface area contributed by atoms with E-state index in [2.05, 4.69) is 29.3 Å². The monoisotopic (exact) mass is 353 g/mol. The van der Waals surface area contributed by atoms with Gasteiger partial charge in [0.1, 0.15) is 0 Å². The molecule has 0 bridgehead atoms. The molecule has 2 unspecified atom stereocenters. The highest BCUT2D eigenvalue weighted by Gasteiger charge is 2.18. The Bertz CT molecular complexity index is 697. The van der Waals surface area contributed by atoms with Crippen LogP contribution in [0.3, 0.4) is 0 Å². The number of carbonyl (C=O) groups is 1. The van der Waals surface area contributed by atoms with Gasteiger partial charge in [-0.1, -0.05) is 42.5 Å². The molecule has 1 aliphatic heterocycles. The minimum absolute atomic E-state index is 0.0738. The van der Waals surface area contributed by atoms with Crippen LogP contribution >= 0.6 is 0 Å². The molecule has 1 saturated heterocycles. The molecule has 138 valence electrons. The molecule has 0 aliphatic carbocycles. The molecule has 0 saturated carbocycles. The predicted octanol–water partition coefficient (Wildman–Crippen LogP) is 3.11. The zero-order valence-corrected chi connectivity index (χ0v) is 15.2. The smallest absolute Gasteiger partial charge is 0.226 e. The van der Waals surface area contributed by atoms with Crippen molar-refractivity contribution < 1.29 is 9.53 Å². The molecule has 1 fully saturated rings. The fourth-order valence-corrected chi connectivity index (χ4v) is 3.25. The van der Waals surface area contributed by atoms with E-state index in [9.17, 15) is 4.79 Å². The van der Waals surface area contributed by atoms with Gasteiger partial charge in [-0.15, -0.1) is 0 Å². The third-order valence-corrected chi connectivity index (χ3v) is 4.90. The number of ether oxygens (including phenoxy) is 1. The number of nitrogens with zero attached hydrogens (tertiary/aromatic N) is 1. The van der Waals surface area contributed by atoms with Gasteiger partial charge in [-0.05, 0) is 30.2 Å². The number of hydrogen-bond acceptors (Lipinski definition) is 4. The fourth-order valence-electron chi connectivity index (χ4n) is 3.25. The molecular formula is C21H27N3O2. The van der Waals surface area contributed by atoms with Gasteiger partial charge in [-0.3, -0.25) is 9.69 Å². The molecule has 3 N–H and O–H groups in total. The summed E-state index contributed by atoms with van der Waals surface area (Å²) < 4.78 is 5.41. The maximum atomic E-state index is 12.2. The molecule has 1 aliphatic rings. The van der Waals surface area contributed by atoms with Crippen molar-refractivity contribution >= 4 is 11.6 Å². The molecular weight excluding hydrogens is 326 g/mol. The van der Waals surface area contributed by atoms with Crippen molar-refractivity contribution in [3.05, 3.63) is 65.7 Å². The van der Waals surface area contributed by atoms with Crippen LogP contribution in [0, 0.1) is 0 Å². The predicted molar refractivity (Wildman–Crippen MR) is 104 cm³/mol. The number of amides is 1. The molecule has 1 amide bonds. The molecule has 1 heterocycles. The van der Waals surface area contributed by atoms with Gasteiger partial charge in [0.2, 0.25) is 5.91 Å². The van der Waals surface area contributed by atoms with E-state index in [1.807, 2.05) is 42.5 Å². The standard InChI is InChI=1S/C21H27N3O2/c1-16(24-11-13-26-14-12-24)17-7-9-19(10-8-17)23-21(25)15-20(22)18-5-3-2-4-6-18/h2-10,16,20H,11-15,22H2,1H3,(H,23,25). The van der Waals surface area contributed by atoms with E-state index in [1.54, 1.807) is 0 Å². The van der Waals surface area contributed by atoms with E-state index < -0.39 is 0 Å². The molecule has 3 rings (SSSR count). The first kappa shape index (κ1) is 18.6. The number of morpholine rings is 1. The van der Waals surface area contributed by atoms with Crippen molar-refractivity contribution in [2.45, 2.75) is 25.4 Å². The van der Waals surface area contributed by atoms with Crippen molar-refractivity contribution in [1.82, 2.24) is 4.90 Å². The molecule has 26 heavy (non-hydrogen) atoms. The van der Waals surface area contributed by atoms with Crippen LogP contribution in [0.4, 0.5) is 5.69 Å². The van der Waals surface area contributed by atoms with Gasteiger partial charge >= 0.3 is 0 Å². The molecule has 2 aromatic carbocycles. The summed E-state index contributed by atoms with van der Waals surface area (Å²) in [4.78, 5) is 14.7. The Kier molecular flexibility index (Phi) is 6.39. The molecule has 2 aromatic rings. The SMILES string of the molecule is CC(c1ccc(NC(=O)CC(N)c2ccccc2)cc1)N1CCOCC1. The van der Waals surface area contributed by atoms with Gasteiger partial charge < -0.3 is 15.8 Å². The van der Waals surface area contributed by atoms with Gasteiger partial charge in [0, 0.05) is 37.3 Å². The van der Waals surface area contributed by atoms with Crippen LogP contribution in [0.15, 0.2) is 54.6 Å². The Morgan fingerprint density at radius 1 is 1.08 bits per heavy atom. The first-order valence-electron chi connectivity index (χ1n) is 9.15. The lowest BCUT2D eigenvalue weighted by atomic mass is 10.0. The zero-order chi connectivity index (χ0) is 18.4. The Hall–Kier alpha value is -2.21. The van der Waals surface area contributed by atoms with Crippen molar-refractivity contribution in [2.75, 3.05) is 31.6 Å². The van der Waals surface area contributed by atoms with Crippen LogP contribution in [-0.2, 0) is 9.53 Å². The first-order chi connectivity index (χ1) is 12.6. The minimum Gasteiger partial charge on any atom is -0.379 e. The Morgan fingerprint density at radius 3 is 2.38 bits per heavy atom. The number of benzene rings is 2. The second-order valence-electron chi connectivity index (χ2n) is 6.72. The second-order valence-corrected chi connectivity index (χ2v) is 6.72. The topological polar surface area (TPSA) is 67.6 Å². The number of nitrogens with one attached hydrogen (secondary N) is 1. The number of anilines is 1. The van der Waals surface area contributed by atoms with Crippen LogP contribution in [0.1, 0.15) is 36.6 Å². The summed E-state index contributed by atoms with van der Waals surface area (Å²) in [5.41, 5.74) is 9.13. The summed E-state index contributed by atoms with van der Waals surface area (Å²) in [5, 5.41) is 2.94. The highest BCUT2D eigenvalue weighted by Crippen LogP contribution is 2.23. The third-order valence-electron chi connectivity index (χ3n) is 4.90. The normalized spacial score (nSPS) is 17.5. The maximum Gasteiger partial charge on any atom is 0.226 e. The lowest BCUT2D eigenvalue weighted by molar-refractivity contribution is -0.116. The molecule has 5 heteroatoms. The summed E-state index contributed by atoms with van der Waals surface area (Å²) in [6.07, 6.45) is 0.260. The maximum absolute atomic E-state index is 12.2. The van der Waals surface area contributed by atoms with Crippen molar-refractivity contribution in [1.29, 1.82) is 0 Å². The Morgan fingerprint density at radius 2 is 1.73 bits per heavy atom. The number of nitrogens with two attached hydrogens (primary N) is 1. The van der Waals surface area contributed by atoms with Gasteiger partial charge in [-0.2, -0.15) is 0 Å². The second kappa shape index (κ2) is 8.94. The molecule has 5 nitrogen and oxygen atoms in total. The largest absolute Gasteiger partial charge is 0.379 e. The highest BCUT2D eigenvalue weighted by atomic mass is 16.5. The van der Waals surface area contributed by atoms with Crippen molar-refractivity contribution in [2.24, 2.45) is 5.73 Å². The van der Waals surface area contributed by atoms with Gasteiger partial charge in [-0.25, -0.2) is 0 Å². The van der Waals surface area contributed by atoms with E-state index in [1.165, 1.54) is 5.56 Å². The van der Waals surface area contributed by atoms with E-state index >= 15 is 0 Å². The zero-order valence-electron chi connectivity index (χ0n) is 15.2. The molecule has 0 spiro atoms. The van der Waals surface area contributed by atoms with E-state index in [0.29, 0.717) is 6.04 Å². The van der Waals surface area contributed by atoms with Crippen molar-refractivity contribution in [3.63, 3.8) is 0 Å². The summed E-state index contributed by atoms with van der Waals surface area (Å²) in [7, 11) is 0. The summed E-state index contributed by atoms with van der Waals surface area (Å²) in [5.74, 6) is -0.0738. The Balaban J connectivity index is 1.54. The molecule has 0 aromatic heterocycles. The number of carbonyl (C=O) groups excluding carboxylic acids is 1. The average molecular weight is 353 g/mol. The van der Waals surface area contributed by atoms with Crippen LogP contribution in [-0.4, -0.2) is 37.1 Å². The van der Waals surface area contributed by atoms with Crippen LogP contribution in [0.5, 0.6) is 0 Å². The summed E-state index contributed by atoms with van der Waals surface area (Å²) >= 11 is 0. The number of hydrogen-bond donors (Lipinski definition) is 2. The average Bonchev–Trinajstić information content (AvgIpc) is 2.69. The van der Waals surface area contributed by atoms with E-state index in [4.69, 9.17) is 10.5 Å². The van der Waals surface area contributed by atoms with Crippen LogP contribution < -0.4 is 11.1 Å². The van der Waals surface area contributed by atoms with Crippen molar-refractivity contribution in [3.8, 4) is 0 Å². The van der Waals surface area contributed by atoms with Gasteiger partial charge in [0.15, 0.2) is 0 Å². The van der Waals surface area contributed by atoms with Crippen LogP contribution in [0.2, 0.25) is 0 Å². The van der Waals surface area contributed by atoms with Gasteiger partial charge in [0.25, 0.3) is 0 Å². The lowest BCUT2D eigenvalue weighted by Gasteiger charge is -2.32. The molecule has 2 atom stereocenters. The first-order valence-corrected chi connectivity index (χ1v) is 9.15. The number of rotatable bonds is 6. The molecule has 0 radical (unpaired) electrons. The summed E-state index contributed by atoms with van der Waals surface area (Å²) in [6, 6.07) is 17.8. The lowest BCUT2D eigenvalue weighted by Crippen LogP contribution is -2.38. The quantitative estimate of drug-likeness (QED) is 0.837.